The molecule has 0 bridgehead atoms. The summed E-state index contributed by atoms with van der Waals surface area (Å²) >= 11 is 3.72. The van der Waals surface area contributed by atoms with Crippen molar-refractivity contribution in [1.29, 1.82) is 0 Å². The number of aromatic amines is 1. The highest BCUT2D eigenvalue weighted by atomic mass is 127. The summed E-state index contributed by atoms with van der Waals surface area (Å²) in [4.78, 5) is 17.0. The SMILES string of the molecule is CCc1cc2c(=O)c(I)c[nH]c2s1. The van der Waals surface area contributed by atoms with Crippen LogP contribution in [-0.4, -0.2) is 4.98 Å². The van der Waals surface area contributed by atoms with Crippen LogP contribution in [-0.2, 0) is 6.42 Å². The summed E-state index contributed by atoms with van der Waals surface area (Å²) in [5.74, 6) is 0. The Kier molecular flexibility index (Phi) is 2.42. The van der Waals surface area contributed by atoms with E-state index >= 15 is 0 Å². The molecule has 2 heterocycles. The van der Waals surface area contributed by atoms with Crippen LogP contribution in [0.3, 0.4) is 0 Å². The average molecular weight is 305 g/mol. The topological polar surface area (TPSA) is 32.9 Å². The Bertz CT molecular complexity index is 500. The molecule has 0 saturated carbocycles. The third-order valence-electron chi connectivity index (χ3n) is 1.92. The number of hydrogen-bond acceptors (Lipinski definition) is 2. The van der Waals surface area contributed by atoms with E-state index in [-0.39, 0.29) is 5.43 Å². The van der Waals surface area contributed by atoms with Gasteiger partial charge < -0.3 is 4.98 Å². The van der Waals surface area contributed by atoms with Crippen molar-refractivity contribution in [2.45, 2.75) is 13.3 Å². The lowest BCUT2D eigenvalue weighted by Gasteiger charge is -1.89. The van der Waals surface area contributed by atoms with Crippen LogP contribution >= 0.6 is 33.9 Å². The van der Waals surface area contributed by atoms with E-state index < -0.39 is 0 Å². The summed E-state index contributed by atoms with van der Waals surface area (Å²) in [6, 6.07) is 1.99. The molecule has 2 rings (SSSR count). The largest absolute Gasteiger partial charge is 0.352 e. The number of aryl methyl sites for hydroxylation is 1. The lowest BCUT2D eigenvalue weighted by Crippen LogP contribution is -2.03. The van der Waals surface area contributed by atoms with E-state index in [1.54, 1.807) is 17.5 Å². The normalized spacial score (nSPS) is 10.9. The Morgan fingerprint density at radius 2 is 2.38 bits per heavy atom. The second kappa shape index (κ2) is 3.42. The molecule has 0 aliphatic heterocycles. The first-order valence-electron chi connectivity index (χ1n) is 4.02. The minimum absolute atomic E-state index is 0.144. The van der Waals surface area contributed by atoms with E-state index in [0.29, 0.717) is 0 Å². The van der Waals surface area contributed by atoms with Gasteiger partial charge in [-0.25, -0.2) is 0 Å². The van der Waals surface area contributed by atoms with Crippen LogP contribution in [0.25, 0.3) is 10.2 Å². The molecule has 4 heteroatoms. The first-order chi connectivity index (χ1) is 6.22. The van der Waals surface area contributed by atoms with Crippen molar-refractivity contribution in [2.24, 2.45) is 0 Å². The quantitative estimate of drug-likeness (QED) is 0.808. The van der Waals surface area contributed by atoms with Gasteiger partial charge in [0.15, 0.2) is 0 Å². The van der Waals surface area contributed by atoms with E-state index in [4.69, 9.17) is 0 Å². The molecule has 0 atom stereocenters. The molecule has 1 N–H and O–H groups in total. The maximum Gasteiger partial charge on any atom is 0.203 e. The molecule has 2 nitrogen and oxygen atoms in total. The predicted octanol–water partition coefficient (Wildman–Crippen LogP) is 2.76. The molecular formula is C9H8INOS. The van der Waals surface area contributed by atoms with E-state index in [1.807, 2.05) is 6.07 Å². The molecular weight excluding hydrogens is 297 g/mol. The van der Waals surface area contributed by atoms with Crippen LogP contribution in [0.1, 0.15) is 11.8 Å². The lowest BCUT2D eigenvalue weighted by atomic mass is 10.3. The summed E-state index contributed by atoms with van der Waals surface area (Å²) in [6.07, 6.45) is 2.75. The van der Waals surface area contributed by atoms with Crippen LogP contribution in [0, 0.1) is 3.57 Å². The van der Waals surface area contributed by atoms with Crippen molar-refractivity contribution in [3.8, 4) is 0 Å². The summed E-state index contributed by atoms with van der Waals surface area (Å²) in [7, 11) is 0. The molecule has 2 aromatic rings. The Morgan fingerprint density at radius 3 is 3.08 bits per heavy atom. The molecule has 0 fully saturated rings. The standard InChI is InChI=1S/C9H8INOS/c1-2-5-3-6-8(12)7(10)4-11-9(6)13-5/h3-4H,2H2,1H3,(H,11,12). The Hall–Kier alpha value is -0.360. The van der Waals surface area contributed by atoms with Crippen LogP contribution in [0.4, 0.5) is 0 Å². The van der Waals surface area contributed by atoms with Gasteiger partial charge in [0, 0.05) is 11.1 Å². The van der Waals surface area contributed by atoms with Gasteiger partial charge in [-0.3, -0.25) is 4.79 Å². The van der Waals surface area contributed by atoms with Gasteiger partial charge in [0.2, 0.25) is 5.43 Å². The zero-order valence-electron chi connectivity index (χ0n) is 7.06. The van der Waals surface area contributed by atoms with Crippen LogP contribution in [0.15, 0.2) is 17.1 Å². The molecule has 0 aromatic carbocycles. The van der Waals surface area contributed by atoms with Crippen molar-refractivity contribution in [2.75, 3.05) is 0 Å². The van der Waals surface area contributed by atoms with E-state index in [0.717, 1.165) is 20.2 Å². The highest BCUT2D eigenvalue weighted by Gasteiger charge is 2.05. The fourth-order valence-electron chi connectivity index (χ4n) is 1.22. The molecule has 0 unspecified atom stereocenters. The van der Waals surface area contributed by atoms with Crippen molar-refractivity contribution in [3.63, 3.8) is 0 Å². The van der Waals surface area contributed by atoms with Gasteiger partial charge in [-0.2, -0.15) is 0 Å². The highest BCUT2D eigenvalue weighted by molar-refractivity contribution is 14.1. The van der Waals surface area contributed by atoms with E-state index in [1.165, 1.54) is 4.88 Å². The van der Waals surface area contributed by atoms with Crippen molar-refractivity contribution < 1.29 is 0 Å². The maximum atomic E-state index is 11.6. The third-order valence-corrected chi connectivity index (χ3v) is 3.93. The second-order valence-corrected chi connectivity index (χ2v) is 5.07. The Balaban J connectivity index is 2.84. The fourth-order valence-corrected chi connectivity index (χ4v) is 2.62. The number of thiophene rings is 1. The first-order valence-corrected chi connectivity index (χ1v) is 5.91. The molecule has 0 aliphatic rings. The number of aromatic nitrogens is 1. The third kappa shape index (κ3) is 1.52. The summed E-state index contributed by atoms with van der Waals surface area (Å²) < 4.78 is 0.755. The zero-order chi connectivity index (χ0) is 9.42. The fraction of sp³-hybridized carbons (Fsp3) is 0.222. The average Bonchev–Trinajstić information content (AvgIpc) is 2.55. The lowest BCUT2D eigenvalue weighted by molar-refractivity contribution is 1.19. The Morgan fingerprint density at radius 1 is 1.62 bits per heavy atom. The summed E-state index contributed by atoms with van der Waals surface area (Å²) in [6.45, 7) is 2.10. The molecule has 13 heavy (non-hydrogen) atoms. The number of rotatable bonds is 1. The highest BCUT2D eigenvalue weighted by Crippen LogP contribution is 2.21. The van der Waals surface area contributed by atoms with Gasteiger partial charge in [0.1, 0.15) is 4.83 Å². The van der Waals surface area contributed by atoms with Crippen molar-refractivity contribution in [3.05, 3.63) is 30.9 Å². The van der Waals surface area contributed by atoms with Crippen LogP contribution < -0.4 is 5.43 Å². The van der Waals surface area contributed by atoms with Gasteiger partial charge >= 0.3 is 0 Å². The second-order valence-electron chi connectivity index (χ2n) is 2.77. The number of hydrogen-bond donors (Lipinski definition) is 1. The Labute approximate surface area is 93.1 Å². The molecule has 2 aromatic heterocycles. The molecule has 0 aliphatic carbocycles. The number of nitrogens with one attached hydrogen (secondary N) is 1. The van der Waals surface area contributed by atoms with Crippen molar-refractivity contribution >= 4 is 44.1 Å². The van der Waals surface area contributed by atoms with Gasteiger partial charge in [-0.1, -0.05) is 6.92 Å². The smallest absolute Gasteiger partial charge is 0.203 e. The zero-order valence-corrected chi connectivity index (χ0v) is 10.0. The molecule has 68 valence electrons. The first kappa shape index (κ1) is 9.21. The minimum atomic E-state index is 0.144. The molecule has 0 radical (unpaired) electrons. The number of halogens is 1. The van der Waals surface area contributed by atoms with Gasteiger partial charge in [-0.05, 0) is 35.1 Å². The van der Waals surface area contributed by atoms with Gasteiger partial charge in [0.25, 0.3) is 0 Å². The number of fused-ring (bicyclic) bond motifs is 1. The van der Waals surface area contributed by atoms with Crippen molar-refractivity contribution in [1.82, 2.24) is 4.98 Å². The maximum absolute atomic E-state index is 11.6. The van der Waals surface area contributed by atoms with Gasteiger partial charge in [0.05, 0.1) is 8.96 Å². The molecule has 0 spiro atoms. The number of pyridine rings is 1. The monoisotopic (exact) mass is 305 g/mol. The van der Waals surface area contributed by atoms with Crippen LogP contribution in [0.5, 0.6) is 0 Å². The van der Waals surface area contributed by atoms with E-state index in [2.05, 4.69) is 34.5 Å². The number of H-pyrrole nitrogens is 1. The van der Waals surface area contributed by atoms with E-state index in [9.17, 15) is 4.79 Å². The predicted molar refractivity (Wildman–Crippen MR) is 64.5 cm³/mol. The van der Waals surface area contributed by atoms with Crippen LogP contribution in [0.2, 0.25) is 0 Å². The molecule has 0 amide bonds. The summed E-state index contributed by atoms with van der Waals surface area (Å²) in [5.41, 5.74) is 0.144. The minimum Gasteiger partial charge on any atom is -0.352 e. The summed E-state index contributed by atoms with van der Waals surface area (Å²) in [5, 5.41) is 0.828. The molecule has 0 saturated heterocycles. The van der Waals surface area contributed by atoms with Gasteiger partial charge in [-0.15, -0.1) is 11.3 Å².